The lowest BCUT2D eigenvalue weighted by Crippen LogP contribution is -2.60. The van der Waals surface area contributed by atoms with Crippen molar-refractivity contribution in [2.75, 3.05) is 23.7 Å². The predicted molar refractivity (Wildman–Crippen MR) is 144 cm³/mol. The number of nitrogens with zero attached hydrogens (tertiary/aromatic N) is 2. The zero-order chi connectivity index (χ0) is 25.4. The number of nitrogens with one attached hydrogen (secondary N) is 3. The molecule has 5 fully saturated rings. The molecule has 0 amide bonds. The van der Waals surface area contributed by atoms with E-state index in [1.807, 2.05) is 24.3 Å². The van der Waals surface area contributed by atoms with E-state index in [9.17, 15) is 8.78 Å². The zero-order valence-corrected chi connectivity index (χ0v) is 22.1. The van der Waals surface area contributed by atoms with E-state index in [1.54, 1.807) is 0 Å². The average Bonchev–Trinajstić information content (AvgIpc) is 2.88. The van der Waals surface area contributed by atoms with Gasteiger partial charge in [0.1, 0.15) is 6.17 Å². The van der Waals surface area contributed by atoms with Gasteiger partial charge in [0.15, 0.2) is 11.6 Å². The maximum Gasteiger partial charge on any atom is 0.225 e. The Labute approximate surface area is 223 Å². The Bertz CT molecular complexity index is 1080. The van der Waals surface area contributed by atoms with Crippen LogP contribution >= 0.6 is 11.6 Å². The lowest BCUT2D eigenvalue weighted by atomic mass is 9.48. The third kappa shape index (κ3) is 5.58. The number of aromatic nitrogens is 2. The molecule has 2 aromatic rings. The van der Waals surface area contributed by atoms with Crippen LogP contribution in [0.15, 0.2) is 30.5 Å². The second-order valence-electron chi connectivity index (χ2n) is 12.2. The van der Waals surface area contributed by atoms with E-state index in [1.165, 1.54) is 38.3 Å². The van der Waals surface area contributed by atoms with E-state index in [4.69, 9.17) is 11.6 Å². The molecule has 1 unspecified atom stereocenters. The molecule has 8 heteroatoms. The van der Waals surface area contributed by atoms with Crippen molar-refractivity contribution in [3.8, 4) is 0 Å². The van der Waals surface area contributed by atoms with Crippen molar-refractivity contribution in [1.29, 1.82) is 0 Å². The maximum absolute atomic E-state index is 14.6. The number of anilines is 2. The summed E-state index contributed by atoms with van der Waals surface area (Å²) in [7, 11) is 0. The first-order chi connectivity index (χ1) is 18.0. The second kappa shape index (κ2) is 10.6. The van der Waals surface area contributed by atoms with Crippen LogP contribution in [0.5, 0.6) is 0 Å². The van der Waals surface area contributed by atoms with Crippen molar-refractivity contribution < 1.29 is 8.78 Å². The molecule has 5 aliphatic carbocycles. The minimum Gasteiger partial charge on any atom is -0.367 e. The zero-order valence-electron chi connectivity index (χ0n) is 21.4. The lowest BCUT2D eigenvalue weighted by molar-refractivity contribution is -0.0703. The molecular weight excluding hydrogens is 492 g/mol. The SMILES string of the molecule is Fc1cnc(NCc2ccccc2Cl)nc1NC[C@]12CC3C[C@H](C1)[C@@H](NC[C@H]1CC[C@H](F)CC1)[C@@H](C3)C2. The van der Waals surface area contributed by atoms with Crippen LogP contribution in [0.3, 0.4) is 0 Å². The monoisotopic (exact) mass is 529 g/mol. The standard InChI is InChI=1S/C29H38ClF2N5/c30-24-4-2-1-3-20(24)15-34-28-35-16-25(32)27(37-28)36-17-29-11-19-9-21(12-29)26(22(10-19)13-29)33-14-18-5-7-23(31)8-6-18/h1-4,16,18-19,21-23,26,33H,5-15,17H2,(H2,34,35,36,37)/t18-,19?,21-,22+,23-,26-,29-. The van der Waals surface area contributed by atoms with Gasteiger partial charge in [0.25, 0.3) is 0 Å². The molecule has 5 saturated carbocycles. The molecule has 7 rings (SSSR count). The van der Waals surface area contributed by atoms with Gasteiger partial charge in [0.05, 0.1) is 6.20 Å². The highest BCUT2D eigenvalue weighted by Gasteiger charge is 2.55. The van der Waals surface area contributed by atoms with Crippen LogP contribution in [0.25, 0.3) is 0 Å². The van der Waals surface area contributed by atoms with Gasteiger partial charge in [0, 0.05) is 24.2 Å². The summed E-state index contributed by atoms with van der Waals surface area (Å²) in [6.07, 6.45) is 10.4. The Morgan fingerprint density at radius 2 is 1.76 bits per heavy atom. The fourth-order valence-corrected chi connectivity index (χ4v) is 8.24. The molecule has 200 valence electrons. The number of hydrogen-bond donors (Lipinski definition) is 3. The van der Waals surface area contributed by atoms with Crippen molar-refractivity contribution in [2.45, 2.75) is 76.5 Å². The van der Waals surface area contributed by atoms with Crippen LogP contribution in [0.2, 0.25) is 5.02 Å². The quantitative estimate of drug-likeness (QED) is 0.341. The summed E-state index contributed by atoms with van der Waals surface area (Å²) < 4.78 is 28.2. The Hall–Kier alpha value is -1.99. The molecule has 3 N–H and O–H groups in total. The fourth-order valence-electron chi connectivity index (χ4n) is 8.03. The number of halogens is 3. The second-order valence-corrected chi connectivity index (χ2v) is 12.6. The van der Waals surface area contributed by atoms with Gasteiger partial charge in [-0.2, -0.15) is 4.98 Å². The van der Waals surface area contributed by atoms with E-state index >= 15 is 0 Å². The topological polar surface area (TPSA) is 61.9 Å². The van der Waals surface area contributed by atoms with E-state index in [0.717, 1.165) is 50.3 Å². The van der Waals surface area contributed by atoms with E-state index in [0.29, 0.717) is 41.3 Å². The first-order valence-electron chi connectivity index (χ1n) is 14.1. The number of alkyl halides is 1. The van der Waals surface area contributed by atoms with Gasteiger partial charge in [-0.3, -0.25) is 0 Å². The van der Waals surface area contributed by atoms with Crippen molar-refractivity contribution in [3.05, 3.63) is 46.9 Å². The Kier molecular flexibility index (Phi) is 7.28. The fraction of sp³-hybridized carbons (Fsp3) is 0.655. The van der Waals surface area contributed by atoms with Crippen molar-refractivity contribution >= 4 is 23.4 Å². The van der Waals surface area contributed by atoms with Gasteiger partial charge in [-0.15, -0.1) is 0 Å². The highest BCUT2D eigenvalue weighted by Crippen LogP contribution is 2.60. The minimum absolute atomic E-state index is 0.212. The number of rotatable bonds is 9. The predicted octanol–water partition coefficient (Wildman–Crippen LogP) is 6.61. The maximum atomic E-state index is 14.6. The Morgan fingerprint density at radius 1 is 1.00 bits per heavy atom. The number of benzene rings is 1. The molecule has 5 nitrogen and oxygen atoms in total. The van der Waals surface area contributed by atoms with Gasteiger partial charge in [-0.25, -0.2) is 13.8 Å². The Morgan fingerprint density at radius 3 is 2.51 bits per heavy atom. The molecule has 37 heavy (non-hydrogen) atoms. The largest absolute Gasteiger partial charge is 0.367 e. The molecule has 0 spiro atoms. The van der Waals surface area contributed by atoms with E-state index in [-0.39, 0.29) is 11.2 Å². The summed E-state index contributed by atoms with van der Waals surface area (Å²) in [6.45, 7) is 2.27. The van der Waals surface area contributed by atoms with Crippen LogP contribution in [0.4, 0.5) is 20.5 Å². The van der Waals surface area contributed by atoms with Gasteiger partial charge in [-0.1, -0.05) is 29.8 Å². The van der Waals surface area contributed by atoms with Crippen molar-refractivity contribution in [3.63, 3.8) is 0 Å². The smallest absolute Gasteiger partial charge is 0.225 e. The summed E-state index contributed by atoms with van der Waals surface area (Å²) in [4.78, 5) is 8.57. The van der Waals surface area contributed by atoms with Gasteiger partial charge in [-0.05, 0) is 105 Å². The molecule has 0 saturated heterocycles. The molecule has 1 heterocycles. The third-order valence-corrected chi connectivity index (χ3v) is 9.96. The molecule has 5 atom stereocenters. The molecule has 0 aliphatic heterocycles. The average molecular weight is 530 g/mol. The van der Waals surface area contributed by atoms with Crippen LogP contribution < -0.4 is 16.0 Å². The van der Waals surface area contributed by atoms with Crippen LogP contribution in [0.1, 0.15) is 63.4 Å². The van der Waals surface area contributed by atoms with Gasteiger partial charge < -0.3 is 16.0 Å². The van der Waals surface area contributed by atoms with Crippen LogP contribution in [-0.2, 0) is 6.54 Å². The highest BCUT2D eigenvalue weighted by atomic mass is 35.5. The van der Waals surface area contributed by atoms with Crippen molar-refractivity contribution in [2.24, 2.45) is 29.1 Å². The third-order valence-electron chi connectivity index (χ3n) is 9.59. The van der Waals surface area contributed by atoms with Gasteiger partial charge in [0.2, 0.25) is 5.95 Å². The minimum atomic E-state index is -0.585. The lowest BCUT2D eigenvalue weighted by Gasteiger charge is -2.60. The molecule has 5 aliphatic rings. The summed E-state index contributed by atoms with van der Waals surface area (Å²) >= 11 is 6.25. The normalized spacial score (nSPS) is 34.5. The molecule has 4 bridgehead atoms. The Balaban J connectivity index is 1.06. The molecule has 1 aromatic heterocycles. The first-order valence-corrected chi connectivity index (χ1v) is 14.5. The first kappa shape index (κ1) is 25.3. The summed E-state index contributed by atoms with van der Waals surface area (Å²) in [5, 5.41) is 11.2. The summed E-state index contributed by atoms with van der Waals surface area (Å²) in [5.41, 5.74) is 1.15. The molecule has 1 aromatic carbocycles. The number of hydrogen-bond acceptors (Lipinski definition) is 5. The molecule has 0 radical (unpaired) electrons. The summed E-state index contributed by atoms with van der Waals surface area (Å²) in [5.74, 6) is 3.02. The summed E-state index contributed by atoms with van der Waals surface area (Å²) in [6, 6.07) is 8.21. The van der Waals surface area contributed by atoms with E-state index < -0.39 is 12.0 Å². The van der Waals surface area contributed by atoms with E-state index in [2.05, 4.69) is 25.9 Å². The van der Waals surface area contributed by atoms with Crippen LogP contribution in [-0.4, -0.2) is 35.3 Å². The van der Waals surface area contributed by atoms with Crippen LogP contribution in [0, 0.1) is 34.9 Å². The van der Waals surface area contributed by atoms with Gasteiger partial charge >= 0.3 is 0 Å². The molecular formula is C29H38ClF2N5. The van der Waals surface area contributed by atoms with Crippen molar-refractivity contribution in [1.82, 2.24) is 15.3 Å². The highest BCUT2D eigenvalue weighted by molar-refractivity contribution is 6.31.